The van der Waals surface area contributed by atoms with Gasteiger partial charge in [-0.15, -0.1) is 0 Å². The van der Waals surface area contributed by atoms with Gasteiger partial charge in [-0.2, -0.15) is 0 Å². The van der Waals surface area contributed by atoms with Crippen LogP contribution in [0, 0.1) is 22.7 Å². The number of rotatable bonds is 2. The van der Waals surface area contributed by atoms with Gasteiger partial charge in [0.2, 0.25) is 0 Å². The fourth-order valence-electron chi connectivity index (χ4n) is 6.51. The van der Waals surface area contributed by atoms with E-state index >= 15 is 0 Å². The van der Waals surface area contributed by atoms with E-state index in [0.717, 1.165) is 57.1 Å². The van der Waals surface area contributed by atoms with Crippen LogP contribution < -0.4 is 5.73 Å². The van der Waals surface area contributed by atoms with Gasteiger partial charge in [0.25, 0.3) is 0 Å². The number of nitrogens with zero attached hydrogens (tertiary/aromatic N) is 1. The maximum atomic E-state index is 12.0. The van der Waals surface area contributed by atoms with Crippen LogP contribution in [0.4, 0.5) is 0 Å². The van der Waals surface area contributed by atoms with E-state index in [1.54, 1.807) is 7.11 Å². The predicted molar refractivity (Wildman–Crippen MR) is 111 cm³/mol. The highest BCUT2D eigenvalue weighted by Crippen LogP contribution is 2.57. The molecule has 0 saturated heterocycles. The Morgan fingerprint density at radius 3 is 2.59 bits per heavy atom. The minimum atomic E-state index is -0.107. The van der Waals surface area contributed by atoms with E-state index in [9.17, 15) is 4.79 Å². The van der Waals surface area contributed by atoms with Gasteiger partial charge in [-0.05, 0) is 74.7 Å². The summed E-state index contributed by atoms with van der Waals surface area (Å²) in [5.41, 5.74) is 9.76. The normalized spacial score (nSPS) is 40.0. The summed E-state index contributed by atoms with van der Waals surface area (Å²) >= 11 is 0. The molecule has 0 aliphatic heterocycles. The number of ketones is 1. The maximum Gasteiger partial charge on any atom is 0.155 e. The van der Waals surface area contributed by atoms with Crippen molar-refractivity contribution in [2.75, 3.05) is 7.11 Å². The molecule has 0 radical (unpaired) electrons. The molecule has 3 aliphatic rings. The molecule has 0 aromatic carbocycles. The Kier molecular flexibility index (Phi) is 5.60. The Bertz CT molecular complexity index is 651. The average Bonchev–Trinajstić information content (AvgIpc) is 2.63. The van der Waals surface area contributed by atoms with Gasteiger partial charge >= 0.3 is 0 Å². The molecule has 2 fully saturated rings. The van der Waals surface area contributed by atoms with Gasteiger partial charge in [-0.1, -0.05) is 37.9 Å². The number of carbonyl (C=O) groups is 1. The van der Waals surface area contributed by atoms with Crippen LogP contribution in [-0.2, 0) is 9.63 Å². The smallest absolute Gasteiger partial charge is 0.155 e. The number of nitrogens with two attached hydrogens (primary N) is 1. The lowest BCUT2D eigenvalue weighted by molar-refractivity contribution is -0.116. The number of oxime groups is 1. The van der Waals surface area contributed by atoms with Crippen molar-refractivity contribution in [1.29, 1.82) is 0 Å². The second kappa shape index (κ2) is 7.35. The minimum Gasteiger partial charge on any atom is -0.399 e. The summed E-state index contributed by atoms with van der Waals surface area (Å²) < 4.78 is 0. The van der Waals surface area contributed by atoms with E-state index < -0.39 is 0 Å². The highest BCUT2D eigenvalue weighted by molar-refractivity contribution is 5.91. The fourth-order valence-corrected chi connectivity index (χ4v) is 6.51. The summed E-state index contributed by atoms with van der Waals surface area (Å²) in [5.74, 6) is 1.19. The summed E-state index contributed by atoms with van der Waals surface area (Å²) in [6.07, 6.45) is 11.2. The van der Waals surface area contributed by atoms with Crippen molar-refractivity contribution in [3.8, 4) is 0 Å². The molecular formula is C23H38N2O2. The molecule has 0 amide bonds. The molecule has 1 unspecified atom stereocenters. The molecular weight excluding hydrogens is 336 g/mol. The lowest BCUT2D eigenvalue weighted by Gasteiger charge is -2.55. The number of carbonyl (C=O) groups excluding carboxylic acids is 1. The third-order valence-corrected chi connectivity index (χ3v) is 8.18. The van der Waals surface area contributed by atoms with Crippen molar-refractivity contribution in [2.24, 2.45) is 33.6 Å². The van der Waals surface area contributed by atoms with Crippen LogP contribution in [0.25, 0.3) is 0 Å². The molecule has 0 spiro atoms. The van der Waals surface area contributed by atoms with Crippen molar-refractivity contribution in [3.63, 3.8) is 0 Å². The van der Waals surface area contributed by atoms with Gasteiger partial charge in [0.1, 0.15) is 7.11 Å². The predicted octanol–water partition coefficient (Wildman–Crippen LogP) is 5.02. The second-order valence-electron chi connectivity index (χ2n) is 10.2. The van der Waals surface area contributed by atoms with Gasteiger partial charge in [0.05, 0.1) is 5.71 Å². The van der Waals surface area contributed by atoms with Gasteiger partial charge in [-0.25, -0.2) is 0 Å². The SMILES string of the molecule is CO/N=C(\C)[C@H]1CCC[C@]2(N)CCC3=CC(=O)CC[C@]3(C)C2CCC1(C)C. The topological polar surface area (TPSA) is 64.7 Å². The number of hydrogen-bond donors (Lipinski definition) is 1. The van der Waals surface area contributed by atoms with Crippen LogP contribution in [0.2, 0.25) is 0 Å². The summed E-state index contributed by atoms with van der Waals surface area (Å²) in [4.78, 5) is 17.1. The zero-order valence-corrected chi connectivity index (χ0v) is 17.9. The van der Waals surface area contributed by atoms with E-state index in [1.807, 2.05) is 6.08 Å². The van der Waals surface area contributed by atoms with Gasteiger partial charge in [0.15, 0.2) is 5.78 Å². The third kappa shape index (κ3) is 3.74. The van der Waals surface area contributed by atoms with Crippen LogP contribution in [0.5, 0.6) is 0 Å². The van der Waals surface area contributed by atoms with Gasteiger partial charge in [-0.3, -0.25) is 4.79 Å². The van der Waals surface area contributed by atoms with Gasteiger partial charge in [0, 0.05) is 17.9 Å². The first-order valence-corrected chi connectivity index (χ1v) is 10.7. The van der Waals surface area contributed by atoms with E-state index in [0.29, 0.717) is 24.0 Å². The molecule has 4 nitrogen and oxygen atoms in total. The molecule has 0 aromatic rings. The Hall–Kier alpha value is -1.16. The first-order chi connectivity index (χ1) is 12.6. The quantitative estimate of drug-likeness (QED) is 0.545. The molecule has 152 valence electrons. The van der Waals surface area contributed by atoms with E-state index in [-0.39, 0.29) is 16.4 Å². The van der Waals surface area contributed by atoms with Crippen LogP contribution in [-0.4, -0.2) is 24.1 Å². The maximum absolute atomic E-state index is 12.0. The summed E-state index contributed by atoms with van der Waals surface area (Å²) in [5, 5.41) is 4.28. The van der Waals surface area contributed by atoms with Crippen molar-refractivity contribution < 1.29 is 9.63 Å². The highest BCUT2D eigenvalue weighted by Gasteiger charge is 2.53. The molecule has 4 atom stereocenters. The lowest BCUT2D eigenvalue weighted by atomic mass is 9.51. The Morgan fingerprint density at radius 2 is 1.89 bits per heavy atom. The summed E-state index contributed by atoms with van der Waals surface area (Å²) in [6, 6.07) is 0. The minimum absolute atomic E-state index is 0.0898. The van der Waals surface area contributed by atoms with Crippen LogP contribution in [0.15, 0.2) is 16.8 Å². The Morgan fingerprint density at radius 1 is 1.15 bits per heavy atom. The molecule has 0 aromatic heterocycles. The highest BCUT2D eigenvalue weighted by atomic mass is 16.6. The Balaban J connectivity index is 1.93. The number of hydrogen-bond acceptors (Lipinski definition) is 4. The monoisotopic (exact) mass is 374 g/mol. The number of allylic oxidation sites excluding steroid dienone is 2. The molecule has 4 heteroatoms. The number of fused-ring (bicyclic) bond motifs is 3. The van der Waals surface area contributed by atoms with Crippen molar-refractivity contribution in [1.82, 2.24) is 0 Å². The van der Waals surface area contributed by atoms with Crippen molar-refractivity contribution in [2.45, 2.75) is 91.0 Å². The summed E-state index contributed by atoms with van der Waals surface area (Å²) in [6.45, 7) is 9.25. The molecule has 0 heterocycles. The van der Waals surface area contributed by atoms with Crippen LogP contribution >= 0.6 is 0 Å². The van der Waals surface area contributed by atoms with Crippen molar-refractivity contribution in [3.05, 3.63) is 11.6 Å². The third-order valence-electron chi connectivity index (χ3n) is 8.18. The van der Waals surface area contributed by atoms with E-state index in [2.05, 4.69) is 32.9 Å². The van der Waals surface area contributed by atoms with E-state index in [1.165, 1.54) is 5.57 Å². The first kappa shape index (κ1) is 20.6. The Labute approximate surface area is 165 Å². The largest absolute Gasteiger partial charge is 0.399 e. The first-order valence-electron chi connectivity index (χ1n) is 10.7. The zero-order chi connectivity index (χ0) is 19.9. The molecule has 2 saturated carbocycles. The van der Waals surface area contributed by atoms with Crippen LogP contribution in [0.3, 0.4) is 0 Å². The fraction of sp³-hybridized carbons (Fsp3) is 0.826. The standard InChI is InChI=1S/C23H38N2O2/c1-16(25-27-5)19-7-6-11-23(24)14-8-17-15-18(26)9-13-22(17,4)20(23)10-12-21(19,2)3/h15,19-20H,6-14,24H2,1-5H3/b25-16+/t19-,20?,22+,23+/m1/s1. The van der Waals surface area contributed by atoms with Crippen molar-refractivity contribution >= 4 is 11.5 Å². The average molecular weight is 375 g/mol. The van der Waals surface area contributed by atoms with Crippen LogP contribution in [0.1, 0.15) is 85.5 Å². The zero-order valence-electron chi connectivity index (χ0n) is 17.9. The molecule has 27 heavy (non-hydrogen) atoms. The molecule has 3 aliphatic carbocycles. The lowest BCUT2D eigenvalue weighted by Crippen LogP contribution is -2.57. The molecule has 3 rings (SSSR count). The molecule has 2 N–H and O–H groups in total. The van der Waals surface area contributed by atoms with Gasteiger partial charge < -0.3 is 10.6 Å². The second-order valence-corrected chi connectivity index (χ2v) is 10.2. The summed E-state index contributed by atoms with van der Waals surface area (Å²) in [7, 11) is 1.63. The molecule has 0 bridgehead atoms. The van der Waals surface area contributed by atoms with E-state index in [4.69, 9.17) is 10.6 Å².